The van der Waals surface area contributed by atoms with Crippen molar-refractivity contribution in [1.82, 2.24) is 9.47 Å². The van der Waals surface area contributed by atoms with Gasteiger partial charge in [0.25, 0.3) is 11.1 Å². The first-order valence-corrected chi connectivity index (χ1v) is 12.9. The molecule has 3 aromatic carbocycles. The maximum Gasteiger partial charge on any atom is 0.293 e. The first-order valence-electron chi connectivity index (χ1n) is 11.3. The number of nitrogens with zero attached hydrogens (tertiary/aromatic N) is 3. The van der Waals surface area contributed by atoms with Crippen LogP contribution in [0.2, 0.25) is 10.0 Å². The minimum atomic E-state index is -0.970. The molecule has 4 aromatic rings. The van der Waals surface area contributed by atoms with E-state index >= 15 is 0 Å². The van der Waals surface area contributed by atoms with Crippen molar-refractivity contribution in [3.63, 3.8) is 0 Å². The third kappa shape index (κ3) is 4.72. The number of hydrogen-bond donors (Lipinski definition) is 1. The molecular formula is C27H23Cl2N3O3S. The monoisotopic (exact) mass is 539 g/mol. The summed E-state index contributed by atoms with van der Waals surface area (Å²) >= 11 is 13.3. The number of imide groups is 1. The molecule has 1 N–H and O–H groups in total. The second-order valence-corrected chi connectivity index (χ2v) is 10.7. The van der Waals surface area contributed by atoms with E-state index in [-0.39, 0.29) is 13.1 Å². The van der Waals surface area contributed by atoms with Gasteiger partial charge in [-0.15, -0.1) is 0 Å². The standard InChI is InChI=1S/C27H23Cl2N3O3S/c1-30(2)19-7-3-16(4-8-19)11-25-26(34)32(27(35)36-25)15-20(33)14-31-23-9-5-17(28)12-21(23)22-13-18(29)6-10-24(22)31/h3-13,20,33H,14-15H2,1-2H3/b25-11-. The highest BCUT2D eigenvalue weighted by Gasteiger charge is 2.36. The van der Waals surface area contributed by atoms with Crippen molar-refractivity contribution in [2.45, 2.75) is 12.6 Å². The molecule has 2 amide bonds. The van der Waals surface area contributed by atoms with E-state index in [2.05, 4.69) is 0 Å². The molecule has 1 atom stereocenters. The van der Waals surface area contributed by atoms with Crippen molar-refractivity contribution in [2.75, 3.05) is 25.5 Å². The lowest BCUT2D eigenvalue weighted by molar-refractivity contribution is -0.123. The van der Waals surface area contributed by atoms with E-state index in [4.69, 9.17) is 23.2 Å². The summed E-state index contributed by atoms with van der Waals surface area (Å²) in [5.41, 5.74) is 3.63. The third-order valence-electron chi connectivity index (χ3n) is 6.16. The van der Waals surface area contributed by atoms with Gasteiger partial charge in [-0.1, -0.05) is 35.3 Å². The molecule has 1 saturated heterocycles. The fourth-order valence-corrected chi connectivity index (χ4v) is 5.59. The maximum absolute atomic E-state index is 13.0. The average Bonchev–Trinajstić information content (AvgIpc) is 3.27. The van der Waals surface area contributed by atoms with Gasteiger partial charge in [0, 0.05) is 51.6 Å². The number of amides is 2. The Morgan fingerprint density at radius 2 is 1.50 bits per heavy atom. The van der Waals surface area contributed by atoms with E-state index in [1.165, 1.54) is 0 Å². The molecule has 9 heteroatoms. The van der Waals surface area contributed by atoms with Gasteiger partial charge in [-0.2, -0.15) is 0 Å². The molecule has 5 rings (SSSR count). The number of thioether (sulfide) groups is 1. The van der Waals surface area contributed by atoms with Crippen LogP contribution in [0.25, 0.3) is 27.9 Å². The number of carbonyl (C=O) groups excluding carboxylic acids is 2. The Morgan fingerprint density at radius 3 is 2.06 bits per heavy atom. The van der Waals surface area contributed by atoms with E-state index in [0.29, 0.717) is 15.0 Å². The number of rotatable bonds is 6. The second-order valence-electron chi connectivity index (χ2n) is 8.87. The van der Waals surface area contributed by atoms with Crippen LogP contribution in [-0.4, -0.2) is 52.5 Å². The number of carbonyl (C=O) groups is 2. The zero-order valence-electron chi connectivity index (χ0n) is 19.6. The van der Waals surface area contributed by atoms with E-state index < -0.39 is 17.3 Å². The average molecular weight is 540 g/mol. The molecule has 1 fully saturated rings. The van der Waals surface area contributed by atoms with Crippen molar-refractivity contribution in [3.05, 3.63) is 81.2 Å². The van der Waals surface area contributed by atoms with Crippen molar-refractivity contribution in [2.24, 2.45) is 0 Å². The quantitative estimate of drug-likeness (QED) is 0.292. The minimum absolute atomic E-state index is 0.107. The molecule has 0 radical (unpaired) electrons. The van der Waals surface area contributed by atoms with Gasteiger partial charge < -0.3 is 14.6 Å². The van der Waals surface area contributed by atoms with Gasteiger partial charge in [0.05, 0.1) is 24.1 Å². The van der Waals surface area contributed by atoms with Gasteiger partial charge >= 0.3 is 0 Å². The summed E-state index contributed by atoms with van der Waals surface area (Å²) in [5.74, 6) is -0.401. The van der Waals surface area contributed by atoms with Crippen LogP contribution < -0.4 is 4.90 Å². The summed E-state index contributed by atoms with van der Waals surface area (Å²) in [6.45, 7) is 0.0833. The Labute approximate surface area is 222 Å². The Bertz CT molecular complexity index is 1470. The molecule has 0 spiro atoms. The summed E-state index contributed by atoms with van der Waals surface area (Å²) in [6, 6.07) is 18.8. The Hall–Kier alpha value is -2.97. The van der Waals surface area contributed by atoms with Crippen LogP contribution in [0.1, 0.15) is 5.56 Å². The van der Waals surface area contributed by atoms with Crippen molar-refractivity contribution in [1.29, 1.82) is 0 Å². The zero-order valence-corrected chi connectivity index (χ0v) is 21.9. The van der Waals surface area contributed by atoms with Crippen molar-refractivity contribution >= 4 is 79.7 Å². The number of aliphatic hydroxyl groups is 1. The first kappa shape index (κ1) is 24.7. The normalized spacial score (nSPS) is 16.0. The number of β-amino-alcohol motifs (C(OH)–C–C–N with tert-alkyl or cyclic N) is 1. The number of hydrogen-bond acceptors (Lipinski definition) is 5. The highest BCUT2D eigenvalue weighted by atomic mass is 35.5. The van der Waals surface area contributed by atoms with Gasteiger partial charge in [0.15, 0.2) is 0 Å². The highest BCUT2D eigenvalue weighted by molar-refractivity contribution is 8.18. The SMILES string of the molecule is CN(C)c1ccc(/C=C2\SC(=O)N(CC(O)Cn3c4ccc(Cl)cc4c4cc(Cl)ccc43)C2=O)cc1. The topological polar surface area (TPSA) is 65.8 Å². The molecule has 0 bridgehead atoms. The fraction of sp³-hybridized carbons (Fsp3) is 0.185. The van der Waals surface area contributed by atoms with Crippen molar-refractivity contribution < 1.29 is 14.7 Å². The van der Waals surface area contributed by atoms with Gasteiger partial charge in [-0.05, 0) is 71.9 Å². The van der Waals surface area contributed by atoms with E-state index in [9.17, 15) is 14.7 Å². The highest BCUT2D eigenvalue weighted by Crippen LogP contribution is 2.35. The van der Waals surface area contributed by atoms with Gasteiger partial charge in [-0.3, -0.25) is 14.5 Å². The zero-order chi connectivity index (χ0) is 25.6. The largest absolute Gasteiger partial charge is 0.389 e. The van der Waals surface area contributed by atoms with Crippen LogP contribution in [-0.2, 0) is 11.3 Å². The number of benzene rings is 3. The molecular weight excluding hydrogens is 517 g/mol. The predicted molar refractivity (Wildman–Crippen MR) is 149 cm³/mol. The summed E-state index contributed by atoms with van der Waals surface area (Å²) in [6.07, 6.45) is 0.736. The Kier molecular flexibility index (Phi) is 6.74. The van der Waals surface area contributed by atoms with Gasteiger partial charge in [0.1, 0.15) is 0 Å². The summed E-state index contributed by atoms with van der Waals surface area (Å²) in [7, 11) is 3.91. The van der Waals surface area contributed by atoms with E-state index in [1.807, 2.05) is 72.1 Å². The molecule has 0 aliphatic carbocycles. The van der Waals surface area contributed by atoms with Gasteiger partial charge in [0.2, 0.25) is 0 Å². The lowest BCUT2D eigenvalue weighted by Crippen LogP contribution is -2.37. The number of aromatic nitrogens is 1. The first-order chi connectivity index (χ1) is 17.2. The molecule has 1 unspecified atom stereocenters. The molecule has 2 heterocycles. The van der Waals surface area contributed by atoms with Crippen LogP contribution in [0, 0.1) is 0 Å². The van der Waals surface area contributed by atoms with Crippen LogP contribution in [0.5, 0.6) is 0 Å². The van der Waals surface area contributed by atoms with E-state index in [0.717, 1.165) is 49.7 Å². The van der Waals surface area contributed by atoms with Crippen molar-refractivity contribution in [3.8, 4) is 0 Å². The van der Waals surface area contributed by atoms with Crippen LogP contribution in [0.3, 0.4) is 0 Å². The summed E-state index contributed by atoms with van der Waals surface area (Å²) < 4.78 is 1.96. The van der Waals surface area contributed by atoms with E-state index in [1.54, 1.807) is 18.2 Å². The molecule has 6 nitrogen and oxygen atoms in total. The fourth-order valence-electron chi connectivity index (χ4n) is 4.40. The predicted octanol–water partition coefficient (Wildman–Crippen LogP) is 6.26. The van der Waals surface area contributed by atoms with Crippen LogP contribution in [0.4, 0.5) is 10.5 Å². The smallest absolute Gasteiger partial charge is 0.293 e. The molecule has 1 aliphatic heterocycles. The van der Waals surface area contributed by atoms with Crippen LogP contribution in [0.15, 0.2) is 65.6 Å². The molecule has 1 aliphatic rings. The number of anilines is 1. The molecule has 184 valence electrons. The number of fused-ring (bicyclic) bond motifs is 3. The molecule has 1 aromatic heterocycles. The summed E-state index contributed by atoms with van der Waals surface area (Å²) in [5, 5.41) is 13.6. The van der Waals surface area contributed by atoms with Gasteiger partial charge in [-0.25, -0.2) is 0 Å². The summed E-state index contributed by atoms with van der Waals surface area (Å²) in [4.78, 5) is 29.1. The molecule has 0 saturated carbocycles. The Morgan fingerprint density at radius 1 is 0.917 bits per heavy atom. The number of halogens is 2. The Balaban J connectivity index is 1.37. The lowest BCUT2D eigenvalue weighted by atomic mass is 10.1. The minimum Gasteiger partial charge on any atom is -0.389 e. The second kappa shape index (κ2) is 9.82. The third-order valence-corrected chi connectivity index (χ3v) is 7.53. The number of aliphatic hydroxyl groups excluding tert-OH is 1. The van der Waals surface area contributed by atoms with Crippen LogP contribution >= 0.6 is 35.0 Å². The lowest BCUT2D eigenvalue weighted by Gasteiger charge is -2.19. The molecule has 36 heavy (non-hydrogen) atoms. The maximum atomic E-state index is 13.0.